The summed E-state index contributed by atoms with van der Waals surface area (Å²) < 4.78 is 20.7. The number of carbonyl (C=O) groups is 1. The molecule has 0 aliphatic carbocycles. The topological polar surface area (TPSA) is 73.1 Å². The van der Waals surface area contributed by atoms with E-state index in [4.69, 9.17) is 4.74 Å². The van der Waals surface area contributed by atoms with Crippen molar-refractivity contribution in [3.05, 3.63) is 41.6 Å². The molecule has 2 aromatic rings. The van der Waals surface area contributed by atoms with E-state index in [2.05, 4.69) is 15.3 Å². The van der Waals surface area contributed by atoms with Gasteiger partial charge in [-0.1, -0.05) is 11.3 Å². The zero-order valence-corrected chi connectivity index (χ0v) is 15.4. The molecular weight excluding hydrogens is 337 g/mol. The third-order valence-corrected chi connectivity index (χ3v) is 3.87. The lowest BCUT2D eigenvalue weighted by molar-refractivity contribution is 0.0270. The first kappa shape index (κ1) is 18.0. The summed E-state index contributed by atoms with van der Waals surface area (Å²) in [4.78, 5) is 18.0. The summed E-state index contributed by atoms with van der Waals surface area (Å²) in [6.07, 6.45) is 5.02. The van der Waals surface area contributed by atoms with E-state index in [1.165, 1.54) is 10.7 Å². The maximum absolute atomic E-state index is 13.8. The van der Waals surface area contributed by atoms with Crippen LogP contribution >= 0.6 is 0 Å². The molecule has 0 saturated carbocycles. The molecule has 1 aliphatic heterocycles. The lowest BCUT2D eigenvalue weighted by atomic mass is 10.00. The average molecular weight is 359 g/mol. The normalized spacial score (nSPS) is 15.0. The predicted octanol–water partition coefficient (Wildman–Crippen LogP) is 3.13. The first-order valence-corrected chi connectivity index (χ1v) is 8.45. The van der Waals surface area contributed by atoms with Gasteiger partial charge in [0.2, 0.25) is 0 Å². The lowest BCUT2D eigenvalue weighted by Gasteiger charge is -2.29. The maximum Gasteiger partial charge on any atom is 0.410 e. The Morgan fingerprint density at radius 1 is 1.35 bits per heavy atom. The molecule has 26 heavy (non-hydrogen) atoms. The highest BCUT2D eigenvalue weighted by Gasteiger charge is 2.25. The molecule has 3 heterocycles. The predicted molar refractivity (Wildman–Crippen MR) is 94.3 cm³/mol. The first-order chi connectivity index (χ1) is 12.2. The van der Waals surface area contributed by atoms with Crippen LogP contribution < -0.4 is 0 Å². The van der Waals surface area contributed by atoms with Gasteiger partial charge in [-0.25, -0.2) is 18.9 Å². The summed E-state index contributed by atoms with van der Waals surface area (Å²) in [5.41, 5.74) is 1.78. The molecule has 2 aromatic heterocycles. The minimum absolute atomic E-state index is 0.350. The zero-order chi connectivity index (χ0) is 18.9. The molecule has 8 heteroatoms. The van der Waals surface area contributed by atoms with Crippen LogP contribution in [-0.4, -0.2) is 49.7 Å². The molecule has 0 bridgehead atoms. The second kappa shape index (κ2) is 6.86. The molecule has 1 amide bonds. The Hall–Kier alpha value is -2.77. The second-order valence-corrected chi connectivity index (χ2v) is 7.23. The highest BCUT2D eigenvalue weighted by molar-refractivity contribution is 5.75. The molecule has 0 unspecified atom stereocenters. The average Bonchev–Trinajstić information content (AvgIpc) is 2.99. The third-order valence-electron chi connectivity index (χ3n) is 3.87. The minimum Gasteiger partial charge on any atom is -0.444 e. The number of pyridine rings is 1. The van der Waals surface area contributed by atoms with Gasteiger partial charge in [0.25, 0.3) is 0 Å². The van der Waals surface area contributed by atoms with Gasteiger partial charge >= 0.3 is 6.09 Å². The van der Waals surface area contributed by atoms with Crippen LogP contribution in [-0.2, 0) is 4.74 Å². The number of rotatable bonds is 2. The van der Waals surface area contributed by atoms with E-state index in [0.29, 0.717) is 30.9 Å². The minimum atomic E-state index is -0.536. The van der Waals surface area contributed by atoms with Gasteiger partial charge in [0, 0.05) is 18.7 Å². The van der Waals surface area contributed by atoms with Gasteiger partial charge in [-0.05, 0) is 45.8 Å². The van der Waals surface area contributed by atoms with Crippen LogP contribution in [0, 0.1) is 12.7 Å². The van der Waals surface area contributed by atoms with Gasteiger partial charge in [-0.2, -0.15) is 0 Å². The van der Waals surface area contributed by atoms with Crippen molar-refractivity contribution in [1.82, 2.24) is 24.9 Å². The Labute approximate surface area is 151 Å². The maximum atomic E-state index is 13.8. The summed E-state index contributed by atoms with van der Waals surface area (Å²) in [6, 6.07) is 1.44. The van der Waals surface area contributed by atoms with Crippen LogP contribution in [0.1, 0.15) is 38.4 Å². The summed E-state index contributed by atoms with van der Waals surface area (Å²) in [7, 11) is 0. The molecule has 7 nitrogen and oxygen atoms in total. The third kappa shape index (κ3) is 4.07. The van der Waals surface area contributed by atoms with E-state index >= 15 is 0 Å². The number of nitrogens with zero attached hydrogens (tertiary/aromatic N) is 5. The number of carbonyl (C=O) groups excluding carboxylic acids is 1. The lowest BCUT2D eigenvalue weighted by Crippen LogP contribution is -2.39. The van der Waals surface area contributed by atoms with E-state index in [0.717, 1.165) is 17.5 Å². The van der Waals surface area contributed by atoms with Crippen LogP contribution in [0.4, 0.5) is 9.18 Å². The second-order valence-electron chi connectivity index (χ2n) is 7.23. The fourth-order valence-corrected chi connectivity index (χ4v) is 2.71. The van der Waals surface area contributed by atoms with Crippen molar-refractivity contribution in [2.45, 2.75) is 39.7 Å². The summed E-state index contributed by atoms with van der Waals surface area (Å²) in [6.45, 7) is 8.22. The molecule has 0 spiro atoms. The zero-order valence-electron chi connectivity index (χ0n) is 15.4. The first-order valence-electron chi connectivity index (χ1n) is 8.45. The number of halogens is 1. The van der Waals surface area contributed by atoms with Crippen LogP contribution in [0.3, 0.4) is 0 Å². The van der Waals surface area contributed by atoms with Gasteiger partial charge < -0.3 is 9.64 Å². The fourth-order valence-electron chi connectivity index (χ4n) is 2.71. The molecule has 0 saturated heterocycles. The highest BCUT2D eigenvalue weighted by Crippen LogP contribution is 2.27. The van der Waals surface area contributed by atoms with Crippen LogP contribution in [0.2, 0.25) is 0 Å². The van der Waals surface area contributed by atoms with Crippen molar-refractivity contribution in [3.63, 3.8) is 0 Å². The van der Waals surface area contributed by atoms with Gasteiger partial charge in [0.05, 0.1) is 18.1 Å². The van der Waals surface area contributed by atoms with Gasteiger partial charge in [0.15, 0.2) is 5.82 Å². The Balaban J connectivity index is 1.84. The monoisotopic (exact) mass is 359 g/mol. The SMILES string of the molecule is Cc1cn(-c2ncc(F)cc2C2=CCN(C(=O)OC(C)(C)C)CC2)nn1. The summed E-state index contributed by atoms with van der Waals surface area (Å²) in [5, 5.41) is 7.99. The van der Waals surface area contributed by atoms with E-state index in [9.17, 15) is 9.18 Å². The summed E-state index contributed by atoms with van der Waals surface area (Å²) >= 11 is 0. The van der Waals surface area contributed by atoms with Crippen molar-refractivity contribution < 1.29 is 13.9 Å². The van der Waals surface area contributed by atoms with E-state index in [1.54, 1.807) is 11.1 Å². The van der Waals surface area contributed by atoms with Crippen LogP contribution in [0.25, 0.3) is 11.4 Å². The van der Waals surface area contributed by atoms with Crippen LogP contribution in [0.5, 0.6) is 0 Å². The van der Waals surface area contributed by atoms with Crippen LogP contribution in [0.15, 0.2) is 24.5 Å². The number of hydrogen-bond acceptors (Lipinski definition) is 5. The van der Waals surface area contributed by atoms with Gasteiger partial charge in [-0.3, -0.25) is 0 Å². The molecule has 0 aromatic carbocycles. The Kier molecular flexibility index (Phi) is 4.76. The Morgan fingerprint density at radius 3 is 2.69 bits per heavy atom. The van der Waals surface area contributed by atoms with E-state index in [-0.39, 0.29) is 6.09 Å². The van der Waals surface area contributed by atoms with Crippen molar-refractivity contribution in [2.24, 2.45) is 0 Å². The molecule has 0 atom stereocenters. The number of hydrogen-bond donors (Lipinski definition) is 0. The fraction of sp³-hybridized carbons (Fsp3) is 0.444. The smallest absolute Gasteiger partial charge is 0.410 e. The highest BCUT2D eigenvalue weighted by atomic mass is 19.1. The summed E-state index contributed by atoms with van der Waals surface area (Å²) in [5.74, 6) is 0.0972. The largest absolute Gasteiger partial charge is 0.444 e. The van der Waals surface area contributed by atoms with Gasteiger partial charge in [-0.15, -0.1) is 5.10 Å². The van der Waals surface area contributed by atoms with Crippen molar-refractivity contribution in [2.75, 3.05) is 13.1 Å². The van der Waals surface area contributed by atoms with Crippen molar-refractivity contribution >= 4 is 11.7 Å². The molecule has 0 radical (unpaired) electrons. The molecule has 0 fully saturated rings. The van der Waals surface area contributed by atoms with E-state index in [1.807, 2.05) is 33.8 Å². The van der Waals surface area contributed by atoms with E-state index < -0.39 is 11.4 Å². The molecule has 1 aliphatic rings. The van der Waals surface area contributed by atoms with Crippen molar-refractivity contribution in [1.29, 1.82) is 0 Å². The Morgan fingerprint density at radius 2 is 2.12 bits per heavy atom. The number of amides is 1. The quantitative estimate of drug-likeness (QED) is 0.824. The number of aryl methyl sites for hydroxylation is 1. The molecule has 3 rings (SSSR count). The van der Waals surface area contributed by atoms with Gasteiger partial charge in [0.1, 0.15) is 11.4 Å². The molecule has 0 N–H and O–H groups in total. The number of aromatic nitrogens is 4. The Bertz CT molecular complexity index is 854. The molecular formula is C18H22FN5O2. The number of ether oxygens (including phenoxy) is 1. The standard InChI is InChI=1S/C18H22FN5O2/c1-12-11-24(22-21-12)16-15(9-14(19)10-20-16)13-5-7-23(8-6-13)17(25)26-18(2,3)4/h5,9-11H,6-8H2,1-4H3. The van der Waals surface area contributed by atoms with Crippen molar-refractivity contribution in [3.8, 4) is 5.82 Å². The molecule has 138 valence electrons.